The number of benzene rings is 2. The summed E-state index contributed by atoms with van der Waals surface area (Å²) in [7, 11) is 0. The lowest BCUT2D eigenvalue weighted by molar-refractivity contribution is -0.129. The number of nitrogens with one attached hydrogen (secondary N) is 2. The molecule has 0 radical (unpaired) electrons. The second-order valence-electron chi connectivity index (χ2n) is 9.38. The molecule has 6 nitrogen and oxygen atoms in total. The molecule has 1 fully saturated rings. The van der Waals surface area contributed by atoms with Gasteiger partial charge in [-0.25, -0.2) is 13.2 Å². The van der Waals surface area contributed by atoms with Crippen LogP contribution < -0.4 is 5.32 Å². The van der Waals surface area contributed by atoms with Crippen molar-refractivity contribution in [3.8, 4) is 0 Å². The number of aromatic amines is 1. The third kappa shape index (κ3) is 4.98. The van der Waals surface area contributed by atoms with Crippen LogP contribution in [0.5, 0.6) is 0 Å². The van der Waals surface area contributed by atoms with Gasteiger partial charge >= 0.3 is 0 Å². The minimum absolute atomic E-state index is 0.00945. The Morgan fingerprint density at radius 1 is 1.13 bits per heavy atom. The van der Waals surface area contributed by atoms with Crippen LogP contribution in [0.15, 0.2) is 48.9 Å². The van der Waals surface area contributed by atoms with Crippen LogP contribution in [0.3, 0.4) is 0 Å². The van der Waals surface area contributed by atoms with Crippen LogP contribution >= 0.6 is 11.6 Å². The maximum atomic E-state index is 15.0. The molecule has 2 amide bonds. The molecule has 5 rings (SSSR count). The Hall–Kier alpha value is -3.85. The molecule has 196 valence electrons. The van der Waals surface area contributed by atoms with Crippen LogP contribution in [-0.2, 0) is 17.8 Å². The molecule has 4 aromatic rings. The smallest absolute Gasteiger partial charge is 0.253 e. The number of hydrogen-bond acceptors (Lipinski definition) is 3. The second kappa shape index (κ2) is 10.5. The van der Waals surface area contributed by atoms with Crippen molar-refractivity contribution in [3.63, 3.8) is 0 Å². The van der Waals surface area contributed by atoms with Crippen molar-refractivity contribution >= 4 is 34.3 Å². The quantitative estimate of drug-likeness (QED) is 0.323. The van der Waals surface area contributed by atoms with E-state index in [9.17, 15) is 14.0 Å². The van der Waals surface area contributed by atoms with Crippen LogP contribution in [-0.4, -0.2) is 33.2 Å². The standard InChI is InChI=1S/C28H24ClF3N4O2/c1-15(37)36-6-2-3-25(36)20-5-4-17(26(31)27(20)32)7-16-8-19(12-33-11-16)28(38)35-13-18-9-21-22(29)14-34-24(21)10-23(18)30/h4-5,8-12,14,25,34H,2-3,6-7,13H2,1H3,(H,35,38). The Balaban J connectivity index is 1.30. The summed E-state index contributed by atoms with van der Waals surface area (Å²) in [5, 5.41) is 3.74. The number of aromatic nitrogens is 2. The minimum atomic E-state index is -0.984. The predicted octanol–water partition coefficient (Wildman–Crippen LogP) is 5.84. The molecule has 0 spiro atoms. The number of hydrogen-bond donors (Lipinski definition) is 2. The number of carbonyl (C=O) groups excluding carboxylic acids is 2. The largest absolute Gasteiger partial charge is 0.360 e. The number of H-pyrrole nitrogens is 1. The van der Waals surface area contributed by atoms with Crippen LogP contribution in [0, 0.1) is 17.5 Å². The van der Waals surface area contributed by atoms with Crippen LogP contribution in [0.2, 0.25) is 5.02 Å². The molecule has 1 atom stereocenters. The molecule has 1 unspecified atom stereocenters. The second-order valence-corrected chi connectivity index (χ2v) is 9.79. The summed E-state index contributed by atoms with van der Waals surface area (Å²) >= 11 is 6.11. The zero-order chi connectivity index (χ0) is 27.0. The fourth-order valence-electron chi connectivity index (χ4n) is 4.96. The summed E-state index contributed by atoms with van der Waals surface area (Å²) in [5.41, 5.74) is 1.79. The molecule has 2 N–H and O–H groups in total. The molecular formula is C28H24ClF3N4O2. The third-order valence-electron chi connectivity index (χ3n) is 6.90. The number of carbonyl (C=O) groups is 2. The van der Waals surface area contributed by atoms with Gasteiger partial charge in [-0.2, -0.15) is 0 Å². The van der Waals surface area contributed by atoms with Crippen LogP contribution in [0.4, 0.5) is 13.2 Å². The van der Waals surface area contributed by atoms with E-state index in [4.69, 9.17) is 11.6 Å². The summed E-state index contributed by atoms with van der Waals surface area (Å²) < 4.78 is 44.5. The third-order valence-corrected chi connectivity index (χ3v) is 7.21. The number of likely N-dealkylation sites (tertiary alicyclic amines) is 1. The first-order valence-corrected chi connectivity index (χ1v) is 12.5. The summed E-state index contributed by atoms with van der Waals surface area (Å²) in [6, 6.07) is 6.96. The topological polar surface area (TPSA) is 78.1 Å². The normalized spacial score (nSPS) is 15.3. The average Bonchev–Trinajstić information content (AvgIpc) is 3.52. The van der Waals surface area contributed by atoms with E-state index in [0.717, 1.165) is 6.42 Å². The highest BCUT2D eigenvalue weighted by Crippen LogP contribution is 2.35. The van der Waals surface area contributed by atoms with E-state index >= 15 is 8.78 Å². The summed E-state index contributed by atoms with van der Waals surface area (Å²) in [6.07, 6.45) is 5.69. The Kier molecular flexibility index (Phi) is 7.12. The zero-order valence-corrected chi connectivity index (χ0v) is 21.2. The fourth-order valence-corrected chi connectivity index (χ4v) is 5.17. The van der Waals surface area contributed by atoms with Gasteiger partial charge in [-0.15, -0.1) is 0 Å². The van der Waals surface area contributed by atoms with Crippen molar-refractivity contribution in [3.05, 3.63) is 99.2 Å². The summed E-state index contributed by atoms with van der Waals surface area (Å²) in [5.74, 6) is -3.11. The Bertz CT molecular complexity index is 1550. The van der Waals surface area contributed by atoms with Gasteiger partial charge in [0.15, 0.2) is 11.6 Å². The molecule has 1 saturated heterocycles. The zero-order valence-electron chi connectivity index (χ0n) is 20.5. The highest BCUT2D eigenvalue weighted by atomic mass is 35.5. The molecule has 1 aliphatic heterocycles. The molecule has 10 heteroatoms. The fraction of sp³-hybridized carbons (Fsp3) is 0.250. The lowest BCUT2D eigenvalue weighted by atomic mass is 9.98. The maximum absolute atomic E-state index is 15.0. The van der Waals surface area contributed by atoms with Crippen LogP contribution in [0.25, 0.3) is 10.9 Å². The van der Waals surface area contributed by atoms with E-state index in [1.54, 1.807) is 17.2 Å². The SMILES string of the molecule is CC(=O)N1CCCC1c1ccc(Cc2cncc(C(=O)NCc3cc4c(Cl)c[nH]c4cc3F)c2)c(F)c1F. The monoisotopic (exact) mass is 540 g/mol. The van der Waals surface area contributed by atoms with E-state index < -0.39 is 29.4 Å². The van der Waals surface area contributed by atoms with E-state index in [2.05, 4.69) is 15.3 Å². The van der Waals surface area contributed by atoms with Crippen molar-refractivity contribution in [1.82, 2.24) is 20.2 Å². The van der Waals surface area contributed by atoms with Gasteiger partial charge in [-0.3, -0.25) is 14.6 Å². The van der Waals surface area contributed by atoms with E-state index in [1.807, 2.05) is 0 Å². The lowest BCUT2D eigenvalue weighted by Crippen LogP contribution is -2.28. The first kappa shape index (κ1) is 25.8. The number of nitrogens with zero attached hydrogens (tertiary/aromatic N) is 2. The molecular weight excluding hydrogens is 517 g/mol. The number of fused-ring (bicyclic) bond motifs is 1. The van der Waals surface area contributed by atoms with E-state index in [-0.39, 0.29) is 41.1 Å². The first-order chi connectivity index (χ1) is 18.2. The van der Waals surface area contributed by atoms with Crippen molar-refractivity contribution in [1.29, 1.82) is 0 Å². The van der Waals surface area contributed by atoms with Gasteiger partial charge in [-0.05, 0) is 42.2 Å². The molecule has 2 aromatic heterocycles. The Labute approximate surface area is 221 Å². The van der Waals surface area contributed by atoms with Gasteiger partial charge in [0, 0.05) is 67.1 Å². The number of halogens is 4. The molecule has 3 heterocycles. The Morgan fingerprint density at radius 3 is 2.74 bits per heavy atom. The lowest BCUT2D eigenvalue weighted by Gasteiger charge is -2.24. The van der Waals surface area contributed by atoms with Gasteiger partial charge in [0.05, 0.1) is 16.6 Å². The summed E-state index contributed by atoms with van der Waals surface area (Å²) in [4.78, 5) is 33.1. The molecule has 1 aliphatic rings. The number of amides is 2. The highest BCUT2D eigenvalue weighted by molar-refractivity contribution is 6.35. The molecule has 2 aromatic carbocycles. The van der Waals surface area contributed by atoms with Gasteiger partial charge in [0.1, 0.15) is 5.82 Å². The highest BCUT2D eigenvalue weighted by Gasteiger charge is 2.31. The number of rotatable bonds is 6. The van der Waals surface area contributed by atoms with Crippen molar-refractivity contribution < 1.29 is 22.8 Å². The Morgan fingerprint density at radius 2 is 1.95 bits per heavy atom. The first-order valence-electron chi connectivity index (χ1n) is 12.1. The molecule has 0 saturated carbocycles. The average molecular weight is 541 g/mol. The minimum Gasteiger partial charge on any atom is -0.360 e. The van der Waals surface area contributed by atoms with Crippen LogP contribution in [0.1, 0.15) is 58.4 Å². The van der Waals surface area contributed by atoms with Gasteiger partial charge in [0.25, 0.3) is 5.91 Å². The molecule has 38 heavy (non-hydrogen) atoms. The molecule has 0 bridgehead atoms. The predicted molar refractivity (Wildman–Crippen MR) is 137 cm³/mol. The summed E-state index contributed by atoms with van der Waals surface area (Å²) in [6.45, 7) is 1.86. The van der Waals surface area contributed by atoms with E-state index in [1.165, 1.54) is 43.6 Å². The van der Waals surface area contributed by atoms with Crippen molar-refractivity contribution in [2.45, 2.75) is 38.8 Å². The van der Waals surface area contributed by atoms with Gasteiger partial charge < -0.3 is 15.2 Å². The molecule has 0 aliphatic carbocycles. The van der Waals surface area contributed by atoms with E-state index in [0.29, 0.717) is 34.5 Å². The van der Waals surface area contributed by atoms with Crippen molar-refractivity contribution in [2.24, 2.45) is 0 Å². The number of pyridine rings is 1. The van der Waals surface area contributed by atoms with Gasteiger partial charge in [-0.1, -0.05) is 23.7 Å². The maximum Gasteiger partial charge on any atom is 0.253 e. The van der Waals surface area contributed by atoms with Gasteiger partial charge in [0.2, 0.25) is 5.91 Å². The van der Waals surface area contributed by atoms with Crippen molar-refractivity contribution in [2.75, 3.05) is 6.54 Å².